The second-order valence-corrected chi connectivity index (χ2v) is 6.36. The molecule has 2 aliphatic rings. The molecule has 2 aliphatic heterocycles. The van der Waals surface area contributed by atoms with Crippen molar-refractivity contribution in [2.75, 3.05) is 0 Å². The van der Waals surface area contributed by atoms with Gasteiger partial charge in [0.2, 0.25) is 11.7 Å². The van der Waals surface area contributed by atoms with Crippen LogP contribution in [0.2, 0.25) is 0 Å². The molecule has 1 aromatic heterocycles. The second-order valence-electron chi connectivity index (χ2n) is 5.57. The normalized spacial score (nSPS) is 27.5. The van der Waals surface area contributed by atoms with Crippen LogP contribution in [0.1, 0.15) is 31.1 Å². The molecule has 2 aromatic rings. The van der Waals surface area contributed by atoms with Crippen LogP contribution in [-0.2, 0) is 0 Å². The van der Waals surface area contributed by atoms with E-state index < -0.39 is 11.6 Å². The van der Waals surface area contributed by atoms with Crippen molar-refractivity contribution in [1.29, 1.82) is 0 Å². The Kier molecular flexibility index (Phi) is 3.08. The van der Waals surface area contributed by atoms with Gasteiger partial charge in [-0.1, -0.05) is 5.16 Å². The van der Waals surface area contributed by atoms with E-state index in [4.69, 9.17) is 4.52 Å². The van der Waals surface area contributed by atoms with E-state index in [0.29, 0.717) is 23.5 Å². The standard InChI is InChI=1S/C14H12BrF2N3O/c15-11-7(2-3-9(16)12(11)17)13-19-14(21-20-13)8-5-6-1-4-10(8)18-6/h2-3,6,8,10,18H,1,4-5H2. The fraction of sp³-hybridized carbons (Fsp3) is 0.429. The van der Waals surface area contributed by atoms with E-state index in [9.17, 15) is 8.78 Å². The first-order valence-electron chi connectivity index (χ1n) is 6.87. The number of nitrogens with one attached hydrogen (secondary N) is 1. The Morgan fingerprint density at radius 2 is 2.14 bits per heavy atom. The van der Waals surface area contributed by atoms with Crippen LogP contribution in [0.15, 0.2) is 21.1 Å². The number of hydrogen-bond acceptors (Lipinski definition) is 4. The van der Waals surface area contributed by atoms with Crippen LogP contribution in [0.5, 0.6) is 0 Å². The van der Waals surface area contributed by atoms with Crippen molar-refractivity contribution in [1.82, 2.24) is 15.5 Å². The van der Waals surface area contributed by atoms with E-state index in [0.717, 1.165) is 18.9 Å². The van der Waals surface area contributed by atoms with E-state index >= 15 is 0 Å². The third-order valence-corrected chi connectivity index (χ3v) is 5.11. The van der Waals surface area contributed by atoms with Gasteiger partial charge in [0.25, 0.3) is 0 Å². The molecule has 2 saturated heterocycles. The van der Waals surface area contributed by atoms with Crippen molar-refractivity contribution in [2.45, 2.75) is 37.3 Å². The molecular weight excluding hydrogens is 344 g/mol. The molecule has 3 unspecified atom stereocenters. The van der Waals surface area contributed by atoms with Gasteiger partial charge in [0.1, 0.15) is 0 Å². The number of fused-ring (bicyclic) bond motifs is 2. The summed E-state index contributed by atoms with van der Waals surface area (Å²) >= 11 is 3.04. The fourth-order valence-electron chi connectivity index (χ4n) is 3.29. The van der Waals surface area contributed by atoms with Crippen LogP contribution >= 0.6 is 15.9 Å². The summed E-state index contributed by atoms with van der Waals surface area (Å²) < 4.78 is 32.1. The Morgan fingerprint density at radius 1 is 1.29 bits per heavy atom. The molecule has 0 radical (unpaired) electrons. The first-order valence-corrected chi connectivity index (χ1v) is 7.66. The SMILES string of the molecule is Fc1ccc(-c2noc(C3CC4CCC3N4)n2)c(Br)c1F. The summed E-state index contributed by atoms with van der Waals surface area (Å²) in [6.45, 7) is 0. The molecule has 2 bridgehead atoms. The predicted molar refractivity (Wildman–Crippen MR) is 74.7 cm³/mol. The smallest absolute Gasteiger partial charge is 0.231 e. The maximum atomic E-state index is 13.6. The minimum Gasteiger partial charge on any atom is -0.339 e. The molecule has 3 heterocycles. The Bertz CT molecular complexity index is 706. The van der Waals surface area contributed by atoms with Crippen LogP contribution in [0.3, 0.4) is 0 Å². The number of nitrogens with zero attached hydrogens (tertiary/aromatic N) is 2. The number of benzene rings is 1. The van der Waals surface area contributed by atoms with Gasteiger partial charge in [0, 0.05) is 17.6 Å². The molecule has 0 aliphatic carbocycles. The largest absolute Gasteiger partial charge is 0.339 e. The summed E-state index contributed by atoms with van der Waals surface area (Å²) in [7, 11) is 0. The summed E-state index contributed by atoms with van der Waals surface area (Å²) in [6, 6.07) is 3.42. The molecule has 7 heteroatoms. The van der Waals surface area contributed by atoms with Gasteiger partial charge in [-0.15, -0.1) is 0 Å². The molecule has 110 valence electrons. The molecular formula is C14H12BrF2N3O. The first-order chi connectivity index (χ1) is 10.1. The zero-order chi connectivity index (χ0) is 14.6. The number of hydrogen-bond donors (Lipinski definition) is 1. The summed E-state index contributed by atoms with van der Waals surface area (Å²) in [4.78, 5) is 4.38. The zero-order valence-corrected chi connectivity index (χ0v) is 12.5. The highest BCUT2D eigenvalue weighted by atomic mass is 79.9. The van der Waals surface area contributed by atoms with Gasteiger partial charge < -0.3 is 9.84 Å². The van der Waals surface area contributed by atoms with Crippen molar-refractivity contribution >= 4 is 15.9 Å². The lowest BCUT2D eigenvalue weighted by atomic mass is 9.89. The topological polar surface area (TPSA) is 51.0 Å². The van der Waals surface area contributed by atoms with Gasteiger partial charge in [0.15, 0.2) is 11.6 Å². The summed E-state index contributed by atoms with van der Waals surface area (Å²) in [5.74, 6) is -0.791. The van der Waals surface area contributed by atoms with Gasteiger partial charge in [-0.3, -0.25) is 0 Å². The zero-order valence-electron chi connectivity index (χ0n) is 10.9. The van der Waals surface area contributed by atoms with Gasteiger partial charge in [-0.05, 0) is 47.3 Å². The summed E-state index contributed by atoms with van der Waals surface area (Å²) in [5, 5.41) is 7.42. The Morgan fingerprint density at radius 3 is 2.86 bits per heavy atom. The molecule has 0 amide bonds. The molecule has 21 heavy (non-hydrogen) atoms. The highest BCUT2D eigenvalue weighted by Crippen LogP contribution is 2.40. The van der Waals surface area contributed by atoms with Crippen LogP contribution < -0.4 is 5.32 Å². The molecule has 1 N–H and O–H groups in total. The van der Waals surface area contributed by atoms with Crippen molar-refractivity contribution in [3.63, 3.8) is 0 Å². The fourth-order valence-corrected chi connectivity index (χ4v) is 3.79. The number of rotatable bonds is 2. The second kappa shape index (κ2) is 4.84. The highest BCUT2D eigenvalue weighted by molar-refractivity contribution is 9.10. The quantitative estimate of drug-likeness (QED) is 0.839. The molecule has 4 nitrogen and oxygen atoms in total. The van der Waals surface area contributed by atoms with Gasteiger partial charge in [-0.2, -0.15) is 4.98 Å². The third kappa shape index (κ3) is 2.10. The van der Waals surface area contributed by atoms with E-state index in [1.165, 1.54) is 12.5 Å². The van der Waals surface area contributed by atoms with Gasteiger partial charge in [0.05, 0.1) is 10.4 Å². The van der Waals surface area contributed by atoms with Crippen LogP contribution in [0.25, 0.3) is 11.4 Å². The first kappa shape index (κ1) is 13.3. The highest BCUT2D eigenvalue weighted by Gasteiger charge is 2.42. The lowest BCUT2D eigenvalue weighted by Crippen LogP contribution is -2.21. The van der Waals surface area contributed by atoms with Crippen LogP contribution in [-0.4, -0.2) is 22.2 Å². The Labute approximate surface area is 128 Å². The maximum absolute atomic E-state index is 13.6. The Balaban J connectivity index is 1.67. The summed E-state index contributed by atoms with van der Waals surface area (Å²) in [6.07, 6.45) is 3.30. The van der Waals surface area contributed by atoms with Gasteiger partial charge >= 0.3 is 0 Å². The average Bonchev–Trinajstić information content (AvgIpc) is 3.20. The number of aromatic nitrogens is 2. The molecule has 2 fully saturated rings. The van der Waals surface area contributed by atoms with E-state index in [-0.39, 0.29) is 16.2 Å². The predicted octanol–water partition coefficient (Wildman–Crippen LogP) is 3.39. The molecule has 0 spiro atoms. The number of halogens is 3. The van der Waals surface area contributed by atoms with Gasteiger partial charge in [-0.25, -0.2) is 8.78 Å². The van der Waals surface area contributed by atoms with E-state index in [1.807, 2.05) is 0 Å². The molecule has 3 atom stereocenters. The molecule has 1 aromatic carbocycles. The van der Waals surface area contributed by atoms with Crippen LogP contribution in [0, 0.1) is 11.6 Å². The Hall–Kier alpha value is -1.34. The lowest BCUT2D eigenvalue weighted by molar-refractivity contribution is 0.329. The lowest BCUT2D eigenvalue weighted by Gasteiger charge is -2.15. The monoisotopic (exact) mass is 355 g/mol. The van der Waals surface area contributed by atoms with E-state index in [1.54, 1.807) is 0 Å². The van der Waals surface area contributed by atoms with Crippen molar-refractivity contribution < 1.29 is 13.3 Å². The summed E-state index contributed by atoms with van der Waals surface area (Å²) in [5.41, 5.74) is 0.389. The average molecular weight is 356 g/mol. The van der Waals surface area contributed by atoms with Crippen molar-refractivity contribution in [3.8, 4) is 11.4 Å². The van der Waals surface area contributed by atoms with Crippen LogP contribution in [0.4, 0.5) is 8.78 Å². The third-order valence-electron chi connectivity index (χ3n) is 4.34. The van der Waals surface area contributed by atoms with Crippen molar-refractivity contribution in [3.05, 3.63) is 34.1 Å². The molecule has 4 rings (SSSR count). The van der Waals surface area contributed by atoms with E-state index in [2.05, 4.69) is 31.4 Å². The minimum atomic E-state index is -0.944. The molecule has 0 saturated carbocycles. The maximum Gasteiger partial charge on any atom is 0.231 e. The van der Waals surface area contributed by atoms with Crippen molar-refractivity contribution in [2.24, 2.45) is 0 Å². The minimum absolute atomic E-state index is 0.0147.